The monoisotopic (exact) mass is 191 g/mol. The summed E-state index contributed by atoms with van der Waals surface area (Å²) in [5.41, 5.74) is 0. The minimum absolute atomic E-state index is 0.407. The molecule has 1 aliphatic heterocycles. The Bertz CT molecular complexity index is 223. The number of sulfone groups is 1. The van der Waals surface area contributed by atoms with E-state index in [4.69, 9.17) is 0 Å². The minimum Gasteiger partial charge on any atom is -0.317 e. The lowest BCUT2D eigenvalue weighted by Crippen LogP contribution is -2.18. The molecule has 0 aliphatic carbocycles. The Morgan fingerprint density at radius 3 is 2.75 bits per heavy atom. The SMILES string of the molecule is CCNCCC1CCS(=O)(=O)C1. The zero-order chi connectivity index (χ0) is 9.03. The third-order valence-electron chi connectivity index (χ3n) is 2.31. The summed E-state index contributed by atoms with van der Waals surface area (Å²) in [6, 6.07) is 0. The Morgan fingerprint density at radius 1 is 1.50 bits per heavy atom. The van der Waals surface area contributed by atoms with Crippen LogP contribution in [0.4, 0.5) is 0 Å². The van der Waals surface area contributed by atoms with E-state index in [1.807, 2.05) is 0 Å². The second kappa shape index (κ2) is 4.23. The van der Waals surface area contributed by atoms with Gasteiger partial charge in [-0.15, -0.1) is 0 Å². The topological polar surface area (TPSA) is 46.2 Å². The van der Waals surface area contributed by atoms with Gasteiger partial charge in [-0.25, -0.2) is 8.42 Å². The maximum Gasteiger partial charge on any atom is 0.150 e. The average Bonchev–Trinajstić information content (AvgIpc) is 2.31. The largest absolute Gasteiger partial charge is 0.317 e. The molecule has 1 heterocycles. The van der Waals surface area contributed by atoms with E-state index in [0.29, 0.717) is 17.4 Å². The van der Waals surface area contributed by atoms with E-state index >= 15 is 0 Å². The van der Waals surface area contributed by atoms with Crippen LogP contribution in [0.3, 0.4) is 0 Å². The molecule has 0 bridgehead atoms. The lowest BCUT2D eigenvalue weighted by molar-refractivity contribution is 0.515. The van der Waals surface area contributed by atoms with Crippen molar-refractivity contribution in [1.82, 2.24) is 5.32 Å². The van der Waals surface area contributed by atoms with Crippen molar-refractivity contribution in [3.8, 4) is 0 Å². The zero-order valence-corrected chi connectivity index (χ0v) is 8.36. The summed E-state index contributed by atoms with van der Waals surface area (Å²) in [6.45, 7) is 3.99. The summed E-state index contributed by atoms with van der Waals surface area (Å²) in [5, 5.41) is 3.21. The normalized spacial score (nSPS) is 27.6. The fraction of sp³-hybridized carbons (Fsp3) is 1.00. The van der Waals surface area contributed by atoms with Crippen LogP contribution in [0.2, 0.25) is 0 Å². The molecule has 3 nitrogen and oxygen atoms in total. The predicted octanol–water partition coefficient (Wildman–Crippen LogP) is 0.421. The first-order valence-corrected chi connectivity index (χ1v) is 6.37. The Labute approximate surface area is 74.5 Å². The Hall–Kier alpha value is -0.0900. The van der Waals surface area contributed by atoms with Crippen LogP contribution in [0, 0.1) is 5.92 Å². The van der Waals surface area contributed by atoms with E-state index in [9.17, 15) is 8.42 Å². The standard InChI is InChI=1S/C8H17NO2S/c1-2-9-5-3-8-4-6-12(10,11)7-8/h8-9H,2-7H2,1H3. The first-order valence-electron chi connectivity index (χ1n) is 4.55. The summed E-state index contributed by atoms with van der Waals surface area (Å²) >= 11 is 0. The molecule has 0 aromatic heterocycles. The number of nitrogens with one attached hydrogen (secondary N) is 1. The van der Waals surface area contributed by atoms with Crippen molar-refractivity contribution in [3.05, 3.63) is 0 Å². The molecule has 1 saturated heterocycles. The minimum atomic E-state index is -2.66. The van der Waals surface area contributed by atoms with Crippen LogP contribution in [-0.2, 0) is 9.84 Å². The van der Waals surface area contributed by atoms with E-state index in [0.717, 1.165) is 25.9 Å². The molecule has 1 N–H and O–H groups in total. The lowest BCUT2D eigenvalue weighted by atomic mass is 10.1. The van der Waals surface area contributed by atoms with Crippen LogP contribution >= 0.6 is 0 Å². The molecule has 1 fully saturated rings. The van der Waals surface area contributed by atoms with Crippen LogP contribution in [-0.4, -0.2) is 33.0 Å². The highest BCUT2D eigenvalue weighted by Crippen LogP contribution is 2.20. The molecular weight excluding hydrogens is 174 g/mol. The van der Waals surface area contributed by atoms with Gasteiger partial charge in [0.05, 0.1) is 11.5 Å². The van der Waals surface area contributed by atoms with E-state index in [-0.39, 0.29) is 0 Å². The molecule has 0 aromatic carbocycles. The van der Waals surface area contributed by atoms with Gasteiger partial charge in [0.15, 0.2) is 9.84 Å². The quantitative estimate of drug-likeness (QED) is 0.655. The van der Waals surface area contributed by atoms with Gasteiger partial charge in [0.1, 0.15) is 0 Å². The molecule has 0 saturated carbocycles. The van der Waals surface area contributed by atoms with Gasteiger partial charge in [0, 0.05) is 0 Å². The van der Waals surface area contributed by atoms with Crippen LogP contribution in [0.5, 0.6) is 0 Å². The van der Waals surface area contributed by atoms with Crippen LogP contribution < -0.4 is 5.32 Å². The van der Waals surface area contributed by atoms with Gasteiger partial charge in [-0.05, 0) is 31.8 Å². The highest BCUT2D eigenvalue weighted by Gasteiger charge is 2.26. The highest BCUT2D eigenvalue weighted by atomic mass is 32.2. The maximum atomic E-state index is 11.1. The Balaban J connectivity index is 2.20. The third-order valence-corrected chi connectivity index (χ3v) is 4.14. The van der Waals surface area contributed by atoms with Crippen molar-refractivity contribution >= 4 is 9.84 Å². The smallest absolute Gasteiger partial charge is 0.150 e. The Morgan fingerprint density at radius 2 is 2.25 bits per heavy atom. The van der Waals surface area contributed by atoms with E-state index in [2.05, 4.69) is 12.2 Å². The molecule has 0 amide bonds. The molecule has 1 aliphatic rings. The molecule has 1 rings (SSSR count). The van der Waals surface area contributed by atoms with Crippen LogP contribution in [0.25, 0.3) is 0 Å². The first-order chi connectivity index (χ1) is 5.64. The van der Waals surface area contributed by atoms with Crippen molar-refractivity contribution in [3.63, 3.8) is 0 Å². The zero-order valence-electron chi connectivity index (χ0n) is 7.54. The number of hydrogen-bond acceptors (Lipinski definition) is 3. The fourth-order valence-corrected chi connectivity index (χ4v) is 3.49. The second-order valence-corrected chi connectivity index (χ2v) is 5.64. The number of rotatable bonds is 4. The van der Waals surface area contributed by atoms with Crippen LogP contribution in [0.15, 0.2) is 0 Å². The molecule has 12 heavy (non-hydrogen) atoms. The van der Waals surface area contributed by atoms with Gasteiger partial charge in [-0.3, -0.25) is 0 Å². The summed E-state index contributed by atoms with van der Waals surface area (Å²) in [5.74, 6) is 1.23. The molecule has 0 aromatic rings. The van der Waals surface area contributed by atoms with Crippen molar-refractivity contribution in [2.45, 2.75) is 19.8 Å². The van der Waals surface area contributed by atoms with Gasteiger partial charge in [-0.2, -0.15) is 0 Å². The lowest BCUT2D eigenvalue weighted by Gasteiger charge is -2.06. The van der Waals surface area contributed by atoms with E-state index in [1.54, 1.807) is 0 Å². The van der Waals surface area contributed by atoms with Crippen molar-refractivity contribution in [2.75, 3.05) is 24.6 Å². The summed E-state index contributed by atoms with van der Waals surface area (Å²) in [4.78, 5) is 0. The van der Waals surface area contributed by atoms with E-state index < -0.39 is 9.84 Å². The molecule has 1 unspecified atom stereocenters. The van der Waals surface area contributed by atoms with Gasteiger partial charge in [0.25, 0.3) is 0 Å². The van der Waals surface area contributed by atoms with Crippen molar-refractivity contribution in [2.24, 2.45) is 5.92 Å². The highest BCUT2D eigenvalue weighted by molar-refractivity contribution is 7.91. The van der Waals surface area contributed by atoms with Crippen LogP contribution in [0.1, 0.15) is 19.8 Å². The maximum absolute atomic E-state index is 11.1. The second-order valence-electron chi connectivity index (χ2n) is 3.41. The van der Waals surface area contributed by atoms with Crippen molar-refractivity contribution < 1.29 is 8.42 Å². The average molecular weight is 191 g/mol. The molecule has 72 valence electrons. The van der Waals surface area contributed by atoms with Gasteiger partial charge >= 0.3 is 0 Å². The summed E-state index contributed by atoms with van der Waals surface area (Å²) < 4.78 is 22.1. The third kappa shape index (κ3) is 3.11. The molecule has 0 spiro atoms. The molecule has 0 radical (unpaired) electrons. The summed E-state index contributed by atoms with van der Waals surface area (Å²) in [6.07, 6.45) is 1.88. The van der Waals surface area contributed by atoms with E-state index in [1.165, 1.54) is 0 Å². The molecule has 4 heteroatoms. The van der Waals surface area contributed by atoms with Crippen molar-refractivity contribution in [1.29, 1.82) is 0 Å². The van der Waals surface area contributed by atoms with Gasteiger partial charge < -0.3 is 5.32 Å². The van der Waals surface area contributed by atoms with Gasteiger partial charge in [-0.1, -0.05) is 6.92 Å². The summed E-state index contributed by atoms with van der Waals surface area (Å²) in [7, 11) is -2.66. The number of hydrogen-bond donors (Lipinski definition) is 1. The predicted molar refractivity (Wildman–Crippen MR) is 49.9 cm³/mol. The van der Waals surface area contributed by atoms with Gasteiger partial charge in [0.2, 0.25) is 0 Å². The molecular formula is C8H17NO2S. The Kier molecular flexibility index (Phi) is 3.53. The molecule has 1 atom stereocenters. The fourth-order valence-electron chi connectivity index (χ4n) is 1.58. The first kappa shape index (κ1) is 9.99.